The third-order valence-corrected chi connectivity index (χ3v) is 3.42. The van der Waals surface area contributed by atoms with Crippen molar-refractivity contribution in [3.8, 4) is 0 Å². The second kappa shape index (κ2) is 6.19. The third kappa shape index (κ3) is 5.50. The van der Waals surface area contributed by atoms with Crippen molar-refractivity contribution in [1.29, 1.82) is 0 Å². The molecule has 0 amide bonds. The largest absolute Gasteiger partial charge is 0.480 e. The molecule has 1 N–H and O–H groups in total. The van der Waals surface area contributed by atoms with E-state index < -0.39 is 25.2 Å². The van der Waals surface area contributed by atoms with E-state index in [0.29, 0.717) is 0 Å². The van der Waals surface area contributed by atoms with Gasteiger partial charge in [-0.05, 0) is 18.6 Å². The number of aliphatic carboxylic acids is 1. The fourth-order valence-electron chi connectivity index (χ4n) is 1.53. The van der Waals surface area contributed by atoms with E-state index in [4.69, 9.17) is 5.11 Å². The smallest absolute Gasteiger partial charge is 0.401 e. The summed E-state index contributed by atoms with van der Waals surface area (Å²) in [6.07, 6.45) is -3.57. The number of carbonyl (C=O) groups is 1. The Hall–Kier alpha value is -1.08. The van der Waals surface area contributed by atoms with E-state index in [-0.39, 0.29) is 6.54 Å². The van der Waals surface area contributed by atoms with E-state index in [1.54, 1.807) is 6.07 Å². The molecule has 0 aliphatic heterocycles. The predicted molar refractivity (Wildman–Crippen MR) is 62.7 cm³/mol. The van der Waals surface area contributed by atoms with Crippen LogP contribution in [0.3, 0.4) is 0 Å². The van der Waals surface area contributed by atoms with Gasteiger partial charge in [-0.3, -0.25) is 9.69 Å². The van der Waals surface area contributed by atoms with Gasteiger partial charge < -0.3 is 5.11 Å². The number of rotatable bonds is 6. The van der Waals surface area contributed by atoms with Crippen molar-refractivity contribution in [2.45, 2.75) is 26.1 Å². The molecular weight excluding hydrogens is 267 g/mol. The molecule has 3 nitrogen and oxygen atoms in total. The zero-order valence-electron chi connectivity index (χ0n) is 9.83. The van der Waals surface area contributed by atoms with Crippen LogP contribution in [0, 0.1) is 0 Å². The van der Waals surface area contributed by atoms with Gasteiger partial charge in [0.2, 0.25) is 0 Å². The Morgan fingerprint density at radius 2 is 2.00 bits per heavy atom. The second-order valence-corrected chi connectivity index (χ2v) is 5.13. The monoisotopic (exact) mass is 281 g/mol. The minimum Gasteiger partial charge on any atom is -0.480 e. The second-order valence-electron chi connectivity index (χ2n) is 3.88. The summed E-state index contributed by atoms with van der Waals surface area (Å²) in [7, 11) is 0. The van der Waals surface area contributed by atoms with E-state index in [1.807, 2.05) is 13.0 Å². The lowest BCUT2D eigenvalue weighted by Crippen LogP contribution is -2.37. The molecule has 1 aromatic heterocycles. The maximum atomic E-state index is 12.3. The maximum absolute atomic E-state index is 12.3. The van der Waals surface area contributed by atoms with E-state index in [0.717, 1.165) is 21.1 Å². The van der Waals surface area contributed by atoms with Gasteiger partial charge in [0.25, 0.3) is 0 Å². The summed E-state index contributed by atoms with van der Waals surface area (Å²) in [5, 5.41) is 8.60. The summed E-state index contributed by atoms with van der Waals surface area (Å²) in [4.78, 5) is 13.2. The molecule has 0 aliphatic carbocycles. The maximum Gasteiger partial charge on any atom is 0.401 e. The van der Waals surface area contributed by atoms with Gasteiger partial charge in [-0.1, -0.05) is 6.92 Å². The summed E-state index contributed by atoms with van der Waals surface area (Å²) >= 11 is 1.41. The molecule has 1 aromatic rings. The van der Waals surface area contributed by atoms with Crippen LogP contribution in [0.2, 0.25) is 0 Å². The molecule has 0 bridgehead atoms. The lowest BCUT2D eigenvalue weighted by atomic mass is 10.3. The first kappa shape index (κ1) is 15.0. The normalized spacial score (nSPS) is 12.1. The fraction of sp³-hybridized carbons (Fsp3) is 0.545. The third-order valence-electron chi connectivity index (χ3n) is 2.21. The Bertz CT molecular complexity index is 403. The number of carboxylic acid groups (broad SMARTS) is 1. The fourth-order valence-corrected chi connectivity index (χ4v) is 2.53. The minimum atomic E-state index is -4.39. The average molecular weight is 281 g/mol. The lowest BCUT2D eigenvalue weighted by molar-refractivity contribution is -0.154. The predicted octanol–water partition coefficient (Wildman–Crippen LogP) is 2.76. The Balaban J connectivity index is 2.68. The Morgan fingerprint density at radius 1 is 1.39 bits per heavy atom. The molecule has 0 saturated carbocycles. The molecule has 7 heteroatoms. The number of hydrogen-bond donors (Lipinski definition) is 1. The van der Waals surface area contributed by atoms with Crippen molar-refractivity contribution in [2.75, 3.05) is 13.1 Å². The van der Waals surface area contributed by atoms with Crippen molar-refractivity contribution in [2.24, 2.45) is 0 Å². The van der Waals surface area contributed by atoms with E-state index in [2.05, 4.69) is 0 Å². The van der Waals surface area contributed by atoms with Crippen LogP contribution >= 0.6 is 11.3 Å². The van der Waals surface area contributed by atoms with Gasteiger partial charge in [0.1, 0.15) is 0 Å². The Labute approximate surface area is 107 Å². The summed E-state index contributed by atoms with van der Waals surface area (Å²) in [6.45, 7) is 0.147. The van der Waals surface area contributed by atoms with Crippen molar-refractivity contribution in [3.05, 3.63) is 21.9 Å². The standard InChI is InChI=1S/C11H14F3NO2S/c1-2-8-3-4-9(18-8)5-15(6-10(16)17)7-11(12,13)14/h3-4H,2,5-7H2,1H3,(H,16,17). The summed E-state index contributed by atoms with van der Waals surface area (Å²) in [6, 6.07) is 3.60. The van der Waals surface area contributed by atoms with Gasteiger partial charge in [0.15, 0.2) is 0 Å². The zero-order chi connectivity index (χ0) is 13.8. The average Bonchev–Trinajstić information content (AvgIpc) is 2.61. The van der Waals surface area contributed by atoms with Crippen molar-refractivity contribution in [1.82, 2.24) is 4.90 Å². The van der Waals surface area contributed by atoms with Crippen LogP contribution in [0.4, 0.5) is 13.2 Å². The van der Waals surface area contributed by atoms with E-state index in [1.165, 1.54) is 11.3 Å². The van der Waals surface area contributed by atoms with Crippen LogP contribution in [0.1, 0.15) is 16.7 Å². The highest BCUT2D eigenvalue weighted by Gasteiger charge is 2.31. The highest BCUT2D eigenvalue weighted by Crippen LogP contribution is 2.22. The van der Waals surface area contributed by atoms with Crippen molar-refractivity contribution >= 4 is 17.3 Å². The van der Waals surface area contributed by atoms with Crippen LogP contribution < -0.4 is 0 Å². The zero-order valence-corrected chi connectivity index (χ0v) is 10.6. The van der Waals surface area contributed by atoms with Crippen LogP contribution in [0.15, 0.2) is 12.1 Å². The van der Waals surface area contributed by atoms with E-state index >= 15 is 0 Å². The number of carboxylic acids is 1. The molecule has 0 saturated heterocycles. The number of thiophene rings is 1. The van der Waals surface area contributed by atoms with Gasteiger partial charge in [-0.15, -0.1) is 11.3 Å². The van der Waals surface area contributed by atoms with Gasteiger partial charge in [-0.2, -0.15) is 13.2 Å². The van der Waals surface area contributed by atoms with Gasteiger partial charge in [0, 0.05) is 16.3 Å². The molecule has 0 atom stereocenters. The van der Waals surface area contributed by atoms with Gasteiger partial charge >= 0.3 is 12.1 Å². The molecule has 1 rings (SSSR count). The molecule has 102 valence electrons. The SMILES string of the molecule is CCc1ccc(CN(CC(=O)O)CC(F)(F)F)s1. The first-order chi connectivity index (χ1) is 8.30. The first-order valence-electron chi connectivity index (χ1n) is 5.38. The van der Waals surface area contributed by atoms with Crippen LogP contribution in [0.25, 0.3) is 0 Å². The topological polar surface area (TPSA) is 40.5 Å². The quantitative estimate of drug-likeness (QED) is 0.871. The minimum absolute atomic E-state index is 0.0104. The summed E-state index contributed by atoms with van der Waals surface area (Å²) in [5.74, 6) is -1.26. The molecule has 1 heterocycles. The Kier molecular flexibility index (Phi) is 5.15. The van der Waals surface area contributed by atoms with Crippen molar-refractivity contribution in [3.63, 3.8) is 0 Å². The van der Waals surface area contributed by atoms with Crippen LogP contribution in [0.5, 0.6) is 0 Å². The first-order valence-corrected chi connectivity index (χ1v) is 6.20. The van der Waals surface area contributed by atoms with Gasteiger partial charge in [-0.25, -0.2) is 0 Å². The number of alkyl halides is 3. The molecule has 0 aromatic carbocycles. The number of hydrogen-bond acceptors (Lipinski definition) is 3. The van der Waals surface area contributed by atoms with Crippen LogP contribution in [-0.2, 0) is 17.8 Å². The summed E-state index contributed by atoms with van der Waals surface area (Å²) in [5.41, 5.74) is 0. The van der Waals surface area contributed by atoms with Gasteiger partial charge in [0.05, 0.1) is 13.1 Å². The molecular formula is C11H14F3NO2S. The molecule has 0 aliphatic rings. The highest BCUT2D eigenvalue weighted by atomic mass is 32.1. The molecule has 0 spiro atoms. The molecule has 0 unspecified atom stereocenters. The lowest BCUT2D eigenvalue weighted by Gasteiger charge is -2.20. The van der Waals surface area contributed by atoms with Crippen LogP contribution in [-0.4, -0.2) is 35.2 Å². The Morgan fingerprint density at radius 3 is 2.44 bits per heavy atom. The molecule has 0 radical (unpaired) electrons. The summed E-state index contributed by atoms with van der Waals surface area (Å²) < 4.78 is 36.9. The van der Waals surface area contributed by atoms with E-state index in [9.17, 15) is 18.0 Å². The number of halogens is 3. The molecule has 18 heavy (non-hydrogen) atoms. The van der Waals surface area contributed by atoms with Crippen molar-refractivity contribution < 1.29 is 23.1 Å². The molecule has 0 fully saturated rings. The number of aryl methyl sites for hydroxylation is 1. The highest BCUT2D eigenvalue weighted by molar-refractivity contribution is 7.11. The number of nitrogens with zero attached hydrogens (tertiary/aromatic N) is 1.